The molecule has 4 N–H and O–H groups in total. The van der Waals surface area contributed by atoms with Gasteiger partial charge in [0.15, 0.2) is 11.6 Å². The zero-order chi connectivity index (χ0) is 33.2. The topological polar surface area (TPSA) is 103 Å². The van der Waals surface area contributed by atoms with Crippen molar-refractivity contribution in [1.82, 2.24) is 26.2 Å². The maximum Gasteiger partial charge on any atom is 0.207 e. The van der Waals surface area contributed by atoms with Gasteiger partial charge in [-0.3, -0.25) is 14.4 Å². The molecule has 1 aliphatic heterocycles. The molecule has 0 saturated carbocycles. The van der Waals surface area contributed by atoms with Crippen molar-refractivity contribution in [3.05, 3.63) is 71.3 Å². The fourth-order valence-corrected chi connectivity index (χ4v) is 6.08. The van der Waals surface area contributed by atoms with Gasteiger partial charge in [-0.2, -0.15) is 0 Å². The van der Waals surface area contributed by atoms with Crippen LogP contribution in [0.2, 0.25) is 0 Å². The summed E-state index contributed by atoms with van der Waals surface area (Å²) < 4.78 is 27.5. The summed E-state index contributed by atoms with van der Waals surface area (Å²) in [7, 11) is 0. The molecule has 2 aromatic rings. The Kier molecular flexibility index (Phi) is 20.9. The number of hydrogen-bond acceptors (Lipinski definition) is 5. The molecule has 1 aliphatic rings. The number of carbonyl (C=O) groups is 3. The van der Waals surface area contributed by atoms with Crippen molar-refractivity contribution in [2.24, 2.45) is 11.8 Å². The van der Waals surface area contributed by atoms with Crippen molar-refractivity contribution >= 4 is 19.2 Å². The number of rotatable bonds is 23. The molecule has 0 aliphatic carbocycles. The number of nitrogens with zero attached hydrogens (tertiary/aromatic N) is 1. The first-order valence-corrected chi connectivity index (χ1v) is 16.9. The Hall–Kier alpha value is -3.37. The Morgan fingerprint density at radius 2 is 1.41 bits per heavy atom. The van der Waals surface area contributed by atoms with Crippen LogP contribution in [0.4, 0.5) is 8.78 Å². The van der Waals surface area contributed by atoms with Gasteiger partial charge in [-0.1, -0.05) is 49.2 Å². The number of nitrogens with one attached hydrogen (secondary N) is 4. The second-order valence-electron chi connectivity index (χ2n) is 12.2. The van der Waals surface area contributed by atoms with Crippen molar-refractivity contribution in [1.29, 1.82) is 0 Å². The van der Waals surface area contributed by atoms with Crippen LogP contribution in [-0.4, -0.2) is 76.0 Å². The number of carbonyl (C=O) groups excluding carboxylic acids is 3. The number of piperidine rings is 1. The number of halogens is 2. The van der Waals surface area contributed by atoms with E-state index >= 15 is 0 Å². The summed E-state index contributed by atoms with van der Waals surface area (Å²) >= 11 is 0. The van der Waals surface area contributed by atoms with Gasteiger partial charge in [0.2, 0.25) is 19.2 Å². The third kappa shape index (κ3) is 17.4. The summed E-state index contributed by atoms with van der Waals surface area (Å²) in [4.78, 5) is 33.7. The fraction of sp³-hybridized carbons (Fsp3) is 0.583. The maximum atomic E-state index is 13.9. The molecule has 1 fully saturated rings. The molecule has 3 unspecified atom stereocenters. The normalized spacial score (nSPS) is 15.0. The summed E-state index contributed by atoms with van der Waals surface area (Å²) in [6.45, 7) is 8.03. The number of benzene rings is 2. The zero-order valence-electron chi connectivity index (χ0n) is 27.5. The van der Waals surface area contributed by atoms with E-state index in [9.17, 15) is 23.2 Å². The quantitative estimate of drug-likeness (QED) is 0.105. The molecular weight excluding hydrogens is 588 g/mol. The van der Waals surface area contributed by atoms with Crippen LogP contribution in [0, 0.1) is 23.5 Å². The Bertz CT molecular complexity index is 1090. The molecule has 3 amide bonds. The lowest BCUT2D eigenvalue weighted by Crippen LogP contribution is -2.38. The molecule has 46 heavy (non-hydrogen) atoms. The Balaban J connectivity index is 0.00000136. The van der Waals surface area contributed by atoms with Crippen LogP contribution in [0.3, 0.4) is 0 Å². The highest BCUT2D eigenvalue weighted by Gasteiger charge is 2.18. The molecule has 3 rings (SSSR count). The highest BCUT2D eigenvalue weighted by Crippen LogP contribution is 2.19. The third-order valence-corrected chi connectivity index (χ3v) is 8.45. The van der Waals surface area contributed by atoms with Crippen molar-refractivity contribution in [2.45, 2.75) is 77.2 Å². The first-order chi connectivity index (χ1) is 22.5. The average Bonchev–Trinajstić information content (AvgIpc) is 3.07. The van der Waals surface area contributed by atoms with E-state index in [0.29, 0.717) is 37.8 Å². The van der Waals surface area contributed by atoms with Crippen LogP contribution in [0.15, 0.2) is 48.5 Å². The van der Waals surface area contributed by atoms with Gasteiger partial charge >= 0.3 is 0 Å². The van der Waals surface area contributed by atoms with E-state index in [4.69, 9.17) is 0 Å². The van der Waals surface area contributed by atoms with E-state index in [1.54, 1.807) is 6.07 Å². The Morgan fingerprint density at radius 1 is 0.739 bits per heavy atom. The van der Waals surface area contributed by atoms with Crippen LogP contribution < -0.4 is 21.3 Å². The second kappa shape index (κ2) is 24.8. The summed E-state index contributed by atoms with van der Waals surface area (Å²) in [6.07, 6.45) is 12.4. The standard InChI is InChI=1S/C33H48F2N4O2.C3H7NO/c34-32-15-14-28(21-33(32)35)20-31(13-7-11-29(22-36-25-40)19-27-9-3-1-4-10-27)38-16-8-12-30(23-37-26-41)24-39-17-5-2-6-18-39;1-2-4-3-5/h1,3-4,9-10,14-15,21,25-26,29-31,38H,2,5-8,11-13,16-20,22-24H2,(H,36,40)(H,37,41);3H,2H2,1H3,(H,4,5). The molecule has 0 aromatic heterocycles. The van der Waals surface area contributed by atoms with Crippen molar-refractivity contribution < 1.29 is 23.2 Å². The minimum absolute atomic E-state index is 0.130. The third-order valence-electron chi connectivity index (χ3n) is 8.45. The maximum absolute atomic E-state index is 13.9. The highest BCUT2D eigenvalue weighted by atomic mass is 19.2. The average molecular weight is 644 g/mol. The van der Waals surface area contributed by atoms with Crippen molar-refractivity contribution in [3.8, 4) is 0 Å². The largest absolute Gasteiger partial charge is 0.359 e. The molecule has 3 atom stereocenters. The zero-order valence-corrected chi connectivity index (χ0v) is 27.5. The van der Waals surface area contributed by atoms with Gasteiger partial charge in [-0.25, -0.2) is 8.78 Å². The van der Waals surface area contributed by atoms with E-state index < -0.39 is 11.6 Å². The Labute approximate surface area is 274 Å². The van der Waals surface area contributed by atoms with Crippen LogP contribution in [0.25, 0.3) is 0 Å². The molecule has 1 saturated heterocycles. The van der Waals surface area contributed by atoms with Gasteiger partial charge < -0.3 is 26.2 Å². The molecule has 256 valence electrons. The molecule has 10 heteroatoms. The van der Waals surface area contributed by atoms with Gasteiger partial charge in [0.25, 0.3) is 0 Å². The lowest BCUT2D eigenvalue weighted by atomic mass is 9.92. The van der Waals surface area contributed by atoms with Crippen LogP contribution in [-0.2, 0) is 27.2 Å². The predicted molar refractivity (Wildman–Crippen MR) is 180 cm³/mol. The molecule has 0 spiro atoms. The van der Waals surface area contributed by atoms with E-state index in [1.165, 1.54) is 37.0 Å². The SMILES string of the molecule is CCNC=O.O=CNCC(CCCC(Cc1ccc(F)c(F)c1)NCCCC(CNC=O)CN1CCCCC1)Cc1ccccc1. The summed E-state index contributed by atoms with van der Waals surface area (Å²) in [5.41, 5.74) is 2.04. The predicted octanol–water partition coefficient (Wildman–Crippen LogP) is 4.62. The minimum atomic E-state index is -0.826. The van der Waals surface area contributed by atoms with Gasteiger partial charge in [-0.15, -0.1) is 0 Å². The minimum Gasteiger partial charge on any atom is -0.359 e. The molecule has 1 heterocycles. The van der Waals surface area contributed by atoms with E-state index in [1.807, 2.05) is 25.1 Å². The van der Waals surface area contributed by atoms with Gasteiger partial charge in [0.05, 0.1) is 0 Å². The lowest BCUT2D eigenvalue weighted by Gasteiger charge is -2.30. The number of amides is 3. The number of hydrogen-bond donors (Lipinski definition) is 4. The van der Waals surface area contributed by atoms with E-state index in [2.05, 4.69) is 38.3 Å². The van der Waals surface area contributed by atoms with E-state index in [-0.39, 0.29) is 6.04 Å². The van der Waals surface area contributed by atoms with Crippen molar-refractivity contribution in [3.63, 3.8) is 0 Å². The molecule has 0 bridgehead atoms. The summed E-state index contributed by atoms with van der Waals surface area (Å²) in [5.74, 6) is -0.901. The molecule has 0 radical (unpaired) electrons. The highest BCUT2D eigenvalue weighted by molar-refractivity contribution is 5.46. The van der Waals surface area contributed by atoms with E-state index in [0.717, 1.165) is 89.6 Å². The Morgan fingerprint density at radius 3 is 2.04 bits per heavy atom. The second-order valence-corrected chi connectivity index (χ2v) is 12.2. The monoisotopic (exact) mass is 643 g/mol. The lowest BCUT2D eigenvalue weighted by molar-refractivity contribution is -0.110. The molecular formula is C36H55F2N5O3. The van der Waals surface area contributed by atoms with Gasteiger partial charge in [0.1, 0.15) is 0 Å². The van der Waals surface area contributed by atoms with Crippen LogP contribution in [0.5, 0.6) is 0 Å². The van der Waals surface area contributed by atoms with Crippen LogP contribution in [0.1, 0.15) is 69.4 Å². The smallest absolute Gasteiger partial charge is 0.207 e. The summed E-state index contributed by atoms with van der Waals surface area (Å²) in [5, 5.41) is 11.9. The van der Waals surface area contributed by atoms with Crippen LogP contribution >= 0.6 is 0 Å². The summed E-state index contributed by atoms with van der Waals surface area (Å²) in [6, 6.07) is 14.6. The first-order valence-electron chi connectivity index (χ1n) is 16.9. The van der Waals surface area contributed by atoms with Crippen molar-refractivity contribution in [2.75, 3.05) is 45.8 Å². The van der Waals surface area contributed by atoms with Gasteiger partial charge in [-0.05, 0) is 113 Å². The fourth-order valence-electron chi connectivity index (χ4n) is 6.08. The molecule has 2 aromatic carbocycles. The van der Waals surface area contributed by atoms with Gasteiger partial charge in [0, 0.05) is 32.2 Å². The number of likely N-dealkylation sites (tertiary alicyclic amines) is 1. The first kappa shape index (κ1) is 38.8. The molecule has 8 nitrogen and oxygen atoms in total.